The van der Waals surface area contributed by atoms with Crippen molar-refractivity contribution in [2.24, 2.45) is 0 Å². The maximum absolute atomic E-state index is 12.1. The van der Waals surface area contributed by atoms with Crippen LogP contribution in [0.15, 0.2) is 48.5 Å². The van der Waals surface area contributed by atoms with Crippen molar-refractivity contribution in [1.82, 2.24) is 0 Å². The average Bonchev–Trinajstić information content (AvgIpc) is 2.47. The molecule has 0 aliphatic carbocycles. The lowest BCUT2D eigenvalue weighted by molar-refractivity contribution is -0.114. The Labute approximate surface area is 123 Å². The van der Waals surface area contributed by atoms with E-state index in [9.17, 15) is 9.59 Å². The zero-order valence-electron chi connectivity index (χ0n) is 11.5. The molecule has 0 saturated heterocycles. The first-order valence-corrected chi connectivity index (χ1v) is 6.34. The Morgan fingerprint density at radius 2 is 1.71 bits per heavy atom. The quantitative estimate of drug-likeness (QED) is 0.848. The minimum atomic E-state index is -0.237. The Morgan fingerprint density at radius 3 is 2.33 bits per heavy atom. The number of nitrogens with one attached hydrogen (secondary N) is 2. The minimum absolute atomic E-state index is 0.154. The summed E-state index contributed by atoms with van der Waals surface area (Å²) >= 11 is 0. The summed E-state index contributed by atoms with van der Waals surface area (Å²) in [5, 5.41) is 5.41. The van der Waals surface area contributed by atoms with Gasteiger partial charge in [0, 0.05) is 29.4 Å². The largest absolute Gasteiger partial charge is 0.326 e. The molecule has 0 unspecified atom stereocenters. The Balaban J connectivity index is 2.09. The van der Waals surface area contributed by atoms with Crippen LogP contribution in [0, 0.1) is 12.3 Å². The van der Waals surface area contributed by atoms with Crippen LogP contribution in [0.2, 0.25) is 0 Å². The third-order valence-electron chi connectivity index (χ3n) is 2.75. The Kier molecular flexibility index (Phi) is 4.37. The van der Waals surface area contributed by atoms with Crippen LogP contribution in [0.5, 0.6) is 0 Å². The van der Waals surface area contributed by atoms with E-state index in [2.05, 4.69) is 16.6 Å². The van der Waals surface area contributed by atoms with Crippen LogP contribution in [0.1, 0.15) is 22.8 Å². The summed E-state index contributed by atoms with van der Waals surface area (Å²) in [5.41, 5.74) is 2.48. The van der Waals surface area contributed by atoms with Crippen molar-refractivity contribution in [2.45, 2.75) is 6.92 Å². The zero-order valence-corrected chi connectivity index (χ0v) is 11.5. The number of carbonyl (C=O) groups excluding carboxylic acids is 2. The predicted molar refractivity (Wildman–Crippen MR) is 83.1 cm³/mol. The molecule has 0 radical (unpaired) electrons. The Morgan fingerprint density at radius 1 is 1.00 bits per heavy atom. The van der Waals surface area contributed by atoms with Crippen molar-refractivity contribution in [1.29, 1.82) is 0 Å². The second-order valence-electron chi connectivity index (χ2n) is 4.44. The van der Waals surface area contributed by atoms with E-state index in [1.165, 1.54) is 6.92 Å². The summed E-state index contributed by atoms with van der Waals surface area (Å²) in [4.78, 5) is 23.0. The van der Waals surface area contributed by atoms with E-state index in [4.69, 9.17) is 6.42 Å². The van der Waals surface area contributed by atoms with Crippen molar-refractivity contribution in [3.8, 4) is 12.3 Å². The highest BCUT2D eigenvalue weighted by Gasteiger charge is 2.06. The van der Waals surface area contributed by atoms with Gasteiger partial charge >= 0.3 is 0 Å². The lowest BCUT2D eigenvalue weighted by Gasteiger charge is -2.07. The lowest BCUT2D eigenvalue weighted by Crippen LogP contribution is -2.12. The summed E-state index contributed by atoms with van der Waals surface area (Å²) in [7, 11) is 0. The van der Waals surface area contributed by atoms with Gasteiger partial charge in [-0.3, -0.25) is 9.59 Å². The molecule has 4 nitrogen and oxygen atoms in total. The molecule has 0 aliphatic rings. The molecule has 0 bridgehead atoms. The van der Waals surface area contributed by atoms with E-state index in [-0.39, 0.29) is 11.8 Å². The minimum Gasteiger partial charge on any atom is -0.326 e. The molecule has 0 saturated carbocycles. The molecule has 2 rings (SSSR count). The highest BCUT2D eigenvalue weighted by atomic mass is 16.2. The molecular formula is C17H14N2O2. The van der Waals surface area contributed by atoms with Crippen LogP contribution >= 0.6 is 0 Å². The third kappa shape index (κ3) is 3.95. The molecule has 21 heavy (non-hydrogen) atoms. The van der Waals surface area contributed by atoms with Gasteiger partial charge in [0.15, 0.2) is 0 Å². The number of benzene rings is 2. The summed E-state index contributed by atoms with van der Waals surface area (Å²) in [5.74, 6) is 2.12. The van der Waals surface area contributed by atoms with E-state index in [0.717, 1.165) is 0 Å². The van der Waals surface area contributed by atoms with Gasteiger partial charge in [-0.2, -0.15) is 0 Å². The second kappa shape index (κ2) is 6.40. The molecule has 2 aromatic carbocycles. The van der Waals surface area contributed by atoms with Gasteiger partial charge in [0.1, 0.15) is 0 Å². The molecule has 2 N–H and O–H groups in total. The zero-order chi connectivity index (χ0) is 15.2. The Bertz CT molecular complexity index is 712. The van der Waals surface area contributed by atoms with Gasteiger partial charge in [-0.15, -0.1) is 6.42 Å². The normalized spacial score (nSPS) is 9.52. The summed E-state index contributed by atoms with van der Waals surface area (Å²) < 4.78 is 0. The topological polar surface area (TPSA) is 58.2 Å². The van der Waals surface area contributed by atoms with Gasteiger partial charge in [0.05, 0.1) is 0 Å². The number of rotatable bonds is 3. The smallest absolute Gasteiger partial charge is 0.255 e. The van der Waals surface area contributed by atoms with Crippen LogP contribution in [-0.4, -0.2) is 11.8 Å². The van der Waals surface area contributed by atoms with Gasteiger partial charge in [0.25, 0.3) is 5.91 Å². The molecule has 2 amide bonds. The SMILES string of the molecule is C#Cc1cccc(NC(=O)c2ccc(NC(C)=O)cc2)c1. The number of anilines is 2. The standard InChI is InChI=1S/C17H14N2O2/c1-3-13-5-4-6-16(11-13)19-17(21)14-7-9-15(10-8-14)18-12(2)20/h1,4-11H,2H3,(H,18,20)(H,19,21). The van der Waals surface area contributed by atoms with Crippen molar-refractivity contribution in [3.05, 3.63) is 59.7 Å². The fraction of sp³-hybridized carbons (Fsp3) is 0.0588. The first-order chi connectivity index (χ1) is 10.1. The molecule has 0 spiro atoms. The summed E-state index contributed by atoms with van der Waals surface area (Å²) in [6.45, 7) is 1.43. The second-order valence-corrected chi connectivity index (χ2v) is 4.44. The summed E-state index contributed by atoms with van der Waals surface area (Å²) in [6.07, 6.45) is 5.32. The molecule has 2 aromatic rings. The maximum Gasteiger partial charge on any atom is 0.255 e. The van der Waals surface area contributed by atoms with Crippen molar-refractivity contribution in [2.75, 3.05) is 10.6 Å². The van der Waals surface area contributed by atoms with Crippen LogP contribution in [0.25, 0.3) is 0 Å². The molecular weight excluding hydrogens is 264 g/mol. The molecule has 4 heteroatoms. The Hall–Kier alpha value is -3.06. The maximum atomic E-state index is 12.1. The van der Waals surface area contributed by atoms with Crippen LogP contribution in [0.4, 0.5) is 11.4 Å². The van der Waals surface area contributed by atoms with Crippen molar-refractivity contribution >= 4 is 23.2 Å². The first kappa shape index (κ1) is 14.4. The van der Waals surface area contributed by atoms with E-state index < -0.39 is 0 Å². The fourth-order valence-electron chi connectivity index (χ4n) is 1.80. The number of hydrogen-bond acceptors (Lipinski definition) is 2. The predicted octanol–water partition coefficient (Wildman–Crippen LogP) is 2.88. The molecule has 104 valence electrons. The van der Waals surface area contributed by atoms with Crippen LogP contribution in [0.3, 0.4) is 0 Å². The summed E-state index contributed by atoms with van der Waals surface area (Å²) in [6, 6.07) is 13.7. The average molecular weight is 278 g/mol. The third-order valence-corrected chi connectivity index (χ3v) is 2.75. The number of carbonyl (C=O) groups is 2. The van der Waals surface area contributed by atoms with Gasteiger partial charge in [-0.05, 0) is 42.5 Å². The number of terminal acetylenes is 1. The molecule has 0 fully saturated rings. The molecule has 0 heterocycles. The van der Waals surface area contributed by atoms with Gasteiger partial charge < -0.3 is 10.6 Å². The van der Waals surface area contributed by atoms with E-state index in [1.807, 2.05) is 0 Å². The highest BCUT2D eigenvalue weighted by Crippen LogP contribution is 2.14. The van der Waals surface area contributed by atoms with E-state index in [1.54, 1.807) is 48.5 Å². The van der Waals surface area contributed by atoms with Crippen LogP contribution in [-0.2, 0) is 4.79 Å². The van der Waals surface area contributed by atoms with Gasteiger partial charge in [0.2, 0.25) is 5.91 Å². The fourth-order valence-corrected chi connectivity index (χ4v) is 1.80. The first-order valence-electron chi connectivity index (χ1n) is 6.34. The molecule has 0 aliphatic heterocycles. The number of amides is 2. The van der Waals surface area contributed by atoms with Gasteiger partial charge in [-0.1, -0.05) is 12.0 Å². The molecule has 0 atom stereocenters. The monoisotopic (exact) mass is 278 g/mol. The van der Waals surface area contributed by atoms with E-state index in [0.29, 0.717) is 22.5 Å². The highest BCUT2D eigenvalue weighted by molar-refractivity contribution is 6.04. The van der Waals surface area contributed by atoms with E-state index >= 15 is 0 Å². The lowest BCUT2D eigenvalue weighted by atomic mass is 10.1. The van der Waals surface area contributed by atoms with Crippen molar-refractivity contribution in [3.63, 3.8) is 0 Å². The molecule has 0 aromatic heterocycles. The van der Waals surface area contributed by atoms with Crippen molar-refractivity contribution < 1.29 is 9.59 Å². The van der Waals surface area contributed by atoms with Crippen LogP contribution < -0.4 is 10.6 Å². The van der Waals surface area contributed by atoms with Gasteiger partial charge in [-0.25, -0.2) is 0 Å². The number of hydrogen-bond donors (Lipinski definition) is 2.